The number of rotatable bonds is 7. The van der Waals surface area contributed by atoms with Crippen molar-refractivity contribution in [3.05, 3.63) is 29.8 Å². The molecule has 0 heterocycles. The summed E-state index contributed by atoms with van der Waals surface area (Å²) in [5.41, 5.74) is 1.18. The Labute approximate surface area is 109 Å². The van der Waals surface area contributed by atoms with Crippen molar-refractivity contribution in [2.45, 2.75) is 44.9 Å². The smallest absolute Gasteiger partial charge is 0.119 e. The summed E-state index contributed by atoms with van der Waals surface area (Å²) in [6.07, 6.45) is 2.92. The average Bonchev–Trinajstić information content (AvgIpc) is 3.18. The molecule has 18 heavy (non-hydrogen) atoms. The van der Waals surface area contributed by atoms with E-state index in [2.05, 4.69) is 31.3 Å². The first-order valence-corrected chi connectivity index (χ1v) is 6.72. The highest BCUT2D eigenvalue weighted by molar-refractivity contribution is 5.30. The van der Waals surface area contributed by atoms with Crippen LogP contribution in [-0.4, -0.2) is 25.8 Å². The van der Waals surface area contributed by atoms with E-state index in [0.717, 1.165) is 12.3 Å². The third-order valence-corrected chi connectivity index (χ3v) is 3.07. The van der Waals surface area contributed by atoms with E-state index in [9.17, 15) is 0 Å². The van der Waals surface area contributed by atoms with Gasteiger partial charge in [0, 0.05) is 12.6 Å². The third-order valence-electron chi connectivity index (χ3n) is 3.07. The zero-order valence-corrected chi connectivity index (χ0v) is 11.5. The molecule has 3 nitrogen and oxygen atoms in total. The van der Waals surface area contributed by atoms with Crippen molar-refractivity contribution in [3.8, 4) is 5.75 Å². The van der Waals surface area contributed by atoms with E-state index in [0.29, 0.717) is 6.04 Å². The Morgan fingerprint density at radius 3 is 2.72 bits per heavy atom. The Balaban J connectivity index is 2.04. The van der Waals surface area contributed by atoms with Gasteiger partial charge < -0.3 is 14.8 Å². The van der Waals surface area contributed by atoms with E-state index >= 15 is 0 Å². The molecular formula is C15H23NO2. The number of methoxy groups -OCH3 is 1. The molecule has 0 spiro atoms. The van der Waals surface area contributed by atoms with Crippen LogP contribution in [0.25, 0.3) is 0 Å². The van der Waals surface area contributed by atoms with Gasteiger partial charge in [-0.3, -0.25) is 0 Å². The van der Waals surface area contributed by atoms with Crippen LogP contribution in [-0.2, 0) is 4.74 Å². The van der Waals surface area contributed by atoms with Crippen LogP contribution >= 0.6 is 0 Å². The van der Waals surface area contributed by atoms with E-state index in [1.165, 1.54) is 18.4 Å². The summed E-state index contributed by atoms with van der Waals surface area (Å²) in [6.45, 7) is 5.02. The van der Waals surface area contributed by atoms with Gasteiger partial charge >= 0.3 is 0 Å². The van der Waals surface area contributed by atoms with Crippen molar-refractivity contribution in [3.63, 3.8) is 0 Å². The Bertz CT molecular complexity index is 375. The lowest BCUT2D eigenvalue weighted by molar-refractivity contribution is 0.00683. The van der Waals surface area contributed by atoms with Gasteiger partial charge in [-0.2, -0.15) is 0 Å². The maximum atomic E-state index is 6.00. The molecule has 1 unspecified atom stereocenters. The summed E-state index contributed by atoms with van der Waals surface area (Å²) in [7, 11) is 1.69. The van der Waals surface area contributed by atoms with Gasteiger partial charge in [-0.05, 0) is 44.4 Å². The van der Waals surface area contributed by atoms with Crippen LogP contribution < -0.4 is 10.1 Å². The first kappa shape index (κ1) is 13.4. The predicted molar refractivity (Wildman–Crippen MR) is 73.0 cm³/mol. The fraction of sp³-hybridized carbons (Fsp3) is 0.600. The molecule has 1 aliphatic carbocycles. The monoisotopic (exact) mass is 249 g/mol. The molecule has 0 aliphatic heterocycles. The number of benzene rings is 1. The van der Waals surface area contributed by atoms with Gasteiger partial charge in [0.15, 0.2) is 0 Å². The van der Waals surface area contributed by atoms with Crippen LogP contribution in [0.3, 0.4) is 0 Å². The zero-order valence-electron chi connectivity index (χ0n) is 11.5. The van der Waals surface area contributed by atoms with Crippen molar-refractivity contribution in [2.75, 3.05) is 13.7 Å². The maximum absolute atomic E-state index is 6.00. The summed E-state index contributed by atoms with van der Waals surface area (Å²) < 4.78 is 11.3. The van der Waals surface area contributed by atoms with Crippen LogP contribution in [0, 0.1) is 0 Å². The Morgan fingerprint density at radius 1 is 1.33 bits per heavy atom. The highest BCUT2D eigenvalue weighted by atomic mass is 16.5. The van der Waals surface area contributed by atoms with Gasteiger partial charge in [-0.15, -0.1) is 0 Å². The number of hydrogen-bond acceptors (Lipinski definition) is 3. The molecule has 1 aromatic rings. The van der Waals surface area contributed by atoms with Gasteiger partial charge in [0.25, 0.3) is 0 Å². The topological polar surface area (TPSA) is 30.5 Å². The van der Waals surface area contributed by atoms with Crippen molar-refractivity contribution in [2.24, 2.45) is 0 Å². The quantitative estimate of drug-likeness (QED) is 0.806. The van der Waals surface area contributed by atoms with E-state index in [4.69, 9.17) is 9.47 Å². The molecule has 100 valence electrons. The van der Waals surface area contributed by atoms with E-state index in [-0.39, 0.29) is 12.2 Å². The second-order valence-electron chi connectivity index (χ2n) is 5.13. The normalized spacial score (nSPS) is 16.9. The van der Waals surface area contributed by atoms with Crippen molar-refractivity contribution < 1.29 is 9.47 Å². The lowest BCUT2D eigenvalue weighted by Gasteiger charge is -2.22. The van der Waals surface area contributed by atoms with E-state index in [1.54, 1.807) is 7.11 Å². The predicted octanol–water partition coefficient (Wildman–Crippen LogP) is 2.91. The first-order chi connectivity index (χ1) is 8.69. The largest absolute Gasteiger partial charge is 0.497 e. The molecule has 1 aromatic carbocycles. The third kappa shape index (κ3) is 4.00. The second kappa shape index (κ2) is 6.21. The first-order valence-electron chi connectivity index (χ1n) is 6.72. The van der Waals surface area contributed by atoms with Gasteiger partial charge in [0.1, 0.15) is 5.75 Å². The average molecular weight is 249 g/mol. The standard InChI is InChI=1S/C15H23NO2/c1-11(2)18-15(10-16-13-7-8-13)12-5-4-6-14(9-12)17-3/h4-6,9,11,13,15-16H,7-8,10H2,1-3H3. The van der Waals surface area contributed by atoms with Gasteiger partial charge in [-0.25, -0.2) is 0 Å². The maximum Gasteiger partial charge on any atom is 0.119 e. The minimum atomic E-state index is 0.0979. The molecule has 3 heteroatoms. The molecule has 0 bridgehead atoms. The van der Waals surface area contributed by atoms with Crippen LogP contribution in [0.4, 0.5) is 0 Å². The van der Waals surface area contributed by atoms with Gasteiger partial charge in [-0.1, -0.05) is 12.1 Å². The fourth-order valence-electron chi connectivity index (χ4n) is 1.98. The molecule has 1 N–H and O–H groups in total. The second-order valence-corrected chi connectivity index (χ2v) is 5.13. The minimum Gasteiger partial charge on any atom is -0.497 e. The minimum absolute atomic E-state index is 0.0979. The summed E-state index contributed by atoms with van der Waals surface area (Å²) in [5.74, 6) is 0.885. The highest BCUT2D eigenvalue weighted by Crippen LogP contribution is 2.25. The summed E-state index contributed by atoms with van der Waals surface area (Å²) in [6, 6.07) is 8.84. The molecule has 0 radical (unpaired) electrons. The Hall–Kier alpha value is -1.06. The van der Waals surface area contributed by atoms with Crippen LogP contribution in [0.1, 0.15) is 38.4 Å². The van der Waals surface area contributed by atoms with Gasteiger partial charge in [0.05, 0.1) is 19.3 Å². The highest BCUT2D eigenvalue weighted by Gasteiger charge is 2.23. The summed E-state index contributed by atoms with van der Waals surface area (Å²) >= 11 is 0. The number of hydrogen-bond donors (Lipinski definition) is 1. The Morgan fingerprint density at radius 2 is 2.11 bits per heavy atom. The molecule has 2 rings (SSSR count). The Kier molecular flexibility index (Phi) is 4.61. The number of ether oxygens (including phenoxy) is 2. The SMILES string of the molecule is COc1cccc(C(CNC2CC2)OC(C)C)c1. The molecule has 0 saturated heterocycles. The van der Waals surface area contributed by atoms with E-state index in [1.807, 2.05) is 12.1 Å². The lowest BCUT2D eigenvalue weighted by atomic mass is 10.1. The van der Waals surface area contributed by atoms with Crippen LogP contribution in [0.15, 0.2) is 24.3 Å². The summed E-state index contributed by atoms with van der Waals surface area (Å²) in [5, 5.41) is 3.53. The molecule has 1 fully saturated rings. The zero-order chi connectivity index (χ0) is 13.0. The van der Waals surface area contributed by atoms with E-state index < -0.39 is 0 Å². The molecule has 1 saturated carbocycles. The molecule has 0 aromatic heterocycles. The molecule has 1 aliphatic rings. The fourth-order valence-corrected chi connectivity index (χ4v) is 1.98. The summed E-state index contributed by atoms with van der Waals surface area (Å²) in [4.78, 5) is 0. The van der Waals surface area contributed by atoms with Crippen molar-refractivity contribution in [1.29, 1.82) is 0 Å². The lowest BCUT2D eigenvalue weighted by Crippen LogP contribution is -2.26. The van der Waals surface area contributed by atoms with Crippen molar-refractivity contribution in [1.82, 2.24) is 5.32 Å². The molecule has 0 amide bonds. The van der Waals surface area contributed by atoms with Gasteiger partial charge in [0.2, 0.25) is 0 Å². The van der Waals surface area contributed by atoms with Crippen LogP contribution in [0.2, 0.25) is 0 Å². The van der Waals surface area contributed by atoms with Crippen LogP contribution in [0.5, 0.6) is 5.75 Å². The van der Waals surface area contributed by atoms with Crippen molar-refractivity contribution >= 4 is 0 Å². The number of nitrogens with one attached hydrogen (secondary N) is 1. The molecular weight excluding hydrogens is 226 g/mol. The molecule has 1 atom stereocenters.